The maximum absolute atomic E-state index is 12.8. The summed E-state index contributed by atoms with van der Waals surface area (Å²) >= 11 is 1.51. The van der Waals surface area contributed by atoms with Crippen LogP contribution in [0.4, 0.5) is 9.93 Å². The zero-order chi connectivity index (χ0) is 18.8. The van der Waals surface area contributed by atoms with Gasteiger partial charge in [0.15, 0.2) is 0 Å². The maximum atomic E-state index is 12.8. The molecule has 0 spiro atoms. The van der Waals surface area contributed by atoms with E-state index in [0.29, 0.717) is 23.6 Å². The van der Waals surface area contributed by atoms with Crippen molar-refractivity contribution in [3.8, 4) is 0 Å². The van der Waals surface area contributed by atoms with E-state index in [1.807, 2.05) is 17.9 Å². The van der Waals surface area contributed by atoms with E-state index >= 15 is 0 Å². The van der Waals surface area contributed by atoms with E-state index in [0.717, 1.165) is 24.5 Å². The number of benzene rings is 1. The molecule has 2 heterocycles. The van der Waals surface area contributed by atoms with Crippen molar-refractivity contribution in [2.75, 3.05) is 25.0 Å². The largest absolute Gasteiger partial charge is 0.323 e. The SMILES string of the molecule is CCN(C(=O)Nc1nnc(C2CC2)s1)[C@H]1CCN([C@H](C)c2ccccc2)C1. The summed E-state index contributed by atoms with van der Waals surface area (Å²) in [4.78, 5) is 17.2. The lowest BCUT2D eigenvalue weighted by Crippen LogP contribution is -2.44. The van der Waals surface area contributed by atoms with Gasteiger partial charge in [0, 0.05) is 37.6 Å². The van der Waals surface area contributed by atoms with E-state index in [9.17, 15) is 4.79 Å². The number of urea groups is 1. The lowest BCUT2D eigenvalue weighted by Gasteiger charge is -2.29. The van der Waals surface area contributed by atoms with Crippen LogP contribution in [0.15, 0.2) is 30.3 Å². The molecular weight excluding hydrogens is 358 g/mol. The lowest BCUT2D eigenvalue weighted by atomic mass is 10.1. The van der Waals surface area contributed by atoms with E-state index < -0.39 is 0 Å². The number of nitrogens with zero attached hydrogens (tertiary/aromatic N) is 4. The van der Waals surface area contributed by atoms with Crippen molar-refractivity contribution in [1.29, 1.82) is 0 Å². The Bertz CT molecular complexity index is 776. The molecule has 2 aliphatic rings. The summed E-state index contributed by atoms with van der Waals surface area (Å²) in [6.45, 7) is 6.89. The average Bonchev–Trinajstić information content (AvgIpc) is 3.24. The fraction of sp³-hybridized carbons (Fsp3) is 0.550. The Hall–Kier alpha value is -1.99. The van der Waals surface area contributed by atoms with Crippen LogP contribution in [-0.2, 0) is 0 Å². The summed E-state index contributed by atoms with van der Waals surface area (Å²) in [5.74, 6) is 0.568. The monoisotopic (exact) mass is 385 g/mol. The van der Waals surface area contributed by atoms with E-state index in [-0.39, 0.29) is 12.1 Å². The lowest BCUT2D eigenvalue weighted by molar-refractivity contribution is 0.184. The second kappa shape index (κ2) is 7.94. The van der Waals surface area contributed by atoms with Crippen LogP contribution in [0.5, 0.6) is 0 Å². The van der Waals surface area contributed by atoms with Crippen LogP contribution in [0.3, 0.4) is 0 Å². The molecule has 0 unspecified atom stereocenters. The van der Waals surface area contributed by atoms with E-state index in [1.54, 1.807) is 0 Å². The summed E-state index contributed by atoms with van der Waals surface area (Å²) in [5, 5.41) is 13.0. The second-order valence-corrected chi connectivity index (χ2v) is 8.47. The molecule has 1 aromatic carbocycles. The topological polar surface area (TPSA) is 61.4 Å². The van der Waals surface area contributed by atoms with Gasteiger partial charge in [0.2, 0.25) is 5.13 Å². The first-order valence-corrected chi connectivity index (χ1v) is 10.7. The summed E-state index contributed by atoms with van der Waals surface area (Å²) in [6, 6.07) is 11.1. The molecule has 7 heteroatoms. The molecule has 0 radical (unpaired) electrons. The summed E-state index contributed by atoms with van der Waals surface area (Å²) in [5.41, 5.74) is 1.33. The highest BCUT2D eigenvalue weighted by Gasteiger charge is 2.33. The molecule has 1 saturated carbocycles. The predicted octanol–water partition coefficient (Wildman–Crippen LogP) is 4.10. The van der Waals surface area contributed by atoms with Gasteiger partial charge in [-0.05, 0) is 38.7 Å². The van der Waals surface area contributed by atoms with E-state index in [2.05, 4.69) is 51.6 Å². The standard InChI is InChI=1S/C20H27N5OS/c1-3-25(20(26)21-19-23-22-18(27-19)16-9-10-16)17-11-12-24(13-17)14(2)15-7-5-4-6-8-15/h4-8,14,16-17H,3,9-13H2,1-2H3,(H,21,23,26)/t14-,17+/m1/s1. The van der Waals surface area contributed by atoms with Crippen molar-refractivity contribution in [1.82, 2.24) is 20.0 Å². The van der Waals surface area contributed by atoms with Gasteiger partial charge in [-0.2, -0.15) is 0 Å². The third-order valence-electron chi connectivity index (χ3n) is 5.65. The molecule has 2 aromatic rings. The molecule has 1 aliphatic carbocycles. The van der Waals surface area contributed by atoms with Gasteiger partial charge in [-0.1, -0.05) is 41.7 Å². The summed E-state index contributed by atoms with van der Waals surface area (Å²) in [7, 11) is 0. The summed E-state index contributed by atoms with van der Waals surface area (Å²) < 4.78 is 0. The quantitative estimate of drug-likeness (QED) is 0.813. The maximum Gasteiger partial charge on any atom is 0.323 e. The van der Waals surface area contributed by atoms with Crippen LogP contribution in [0, 0.1) is 0 Å². The third kappa shape index (κ3) is 4.14. The fourth-order valence-corrected chi connectivity index (χ4v) is 4.73. The third-order valence-corrected chi connectivity index (χ3v) is 6.65. The number of anilines is 1. The molecule has 1 aliphatic heterocycles. The van der Waals surface area contributed by atoms with Crippen LogP contribution in [0.1, 0.15) is 55.6 Å². The second-order valence-electron chi connectivity index (χ2n) is 7.46. The first-order valence-electron chi connectivity index (χ1n) is 9.85. The molecule has 6 nitrogen and oxygen atoms in total. The number of amides is 2. The van der Waals surface area contributed by atoms with Gasteiger partial charge < -0.3 is 4.90 Å². The first-order chi connectivity index (χ1) is 13.2. The molecule has 0 bridgehead atoms. The van der Waals surface area contributed by atoms with Crippen molar-refractivity contribution in [3.63, 3.8) is 0 Å². The highest BCUT2D eigenvalue weighted by atomic mass is 32.1. The number of carbonyl (C=O) groups excluding carboxylic acids is 1. The molecule has 1 aromatic heterocycles. The minimum Gasteiger partial charge on any atom is -0.320 e. The van der Waals surface area contributed by atoms with Crippen LogP contribution < -0.4 is 5.32 Å². The Morgan fingerprint density at radius 1 is 1.30 bits per heavy atom. The molecule has 4 rings (SSSR count). The predicted molar refractivity (Wildman–Crippen MR) is 108 cm³/mol. The van der Waals surface area contributed by atoms with Gasteiger partial charge in [-0.25, -0.2) is 4.79 Å². The zero-order valence-electron chi connectivity index (χ0n) is 16.0. The van der Waals surface area contributed by atoms with Crippen molar-refractivity contribution >= 4 is 22.5 Å². The number of carbonyl (C=O) groups is 1. The molecule has 2 atom stereocenters. The van der Waals surface area contributed by atoms with E-state index in [1.165, 1.54) is 29.7 Å². The van der Waals surface area contributed by atoms with Gasteiger partial charge in [0.1, 0.15) is 5.01 Å². The Morgan fingerprint density at radius 2 is 2.07 bits per heavy atom. The summed E-state index contributed by atoms with van der Waals surface area (Å²) in [6.07, 6.45) is 3.39. The van der Waals surface area contributed by atoms with Gasteiger partial charge in [0.05, 0.1) is 0 Å². The smallest absolute Gasteiger partial charge is 0.320 e. The Morgan fingerprint density at radius 3 is 2.78 bits per heavy atom. The number of hydrogen-bond donors (Lipinski definition) is 1. The number of likely N-dealkylation sites (N-methyl/N-ethyl adjacent to an activating group) is 1. The number of hydrogen-bond acceptors (Lipinski definition) is 5. The molecule has 2 fully saturated rings. The molecule has 144 valence electrons. The van der Waals surface area contributed by atoms with Crippen molar-refractivity contribution in [2.45, 2.75) is 51.1 Å². The molecular formula is C20H27N5OS. The molecule has 1 N–H and O–H groups in total. The van der Waals surface area contributed by atoms with Crippen LogP contribution in [0.2, 0.25) is 0 Å². The zero-order valence-corrected chi connectivity index (χ0v) is 16.8. The fourth-order valence-electron chi connectivity index (χ4n) is 3.83. The number of nitrogens with one attached hydrogen (secondary N) is 1. The van der Waals surface area contributed by atoms with Gasteiger partial charge in [-0.15, -0.1) is 10.2 Å². The van der Waals surface area contributed by atoms with Gasteiger partial charge >= 0.3 is 6.03 Å². The van der Waals surface area contributed by atoms with Crippen LogP contribution >= 0.6 is 11.3 Å². The van der Waals surface area contributed by atoms with Gasteiger partial charge in [0.25, 0.3) is 0 Å². The Labute approximate surface area is 164 Å². The Balaban J connectivity index is 1.36. The Kier molecular flexibility index (Phi) is 5.41. The van der Waals surface area contributed by atoms with Crippen molar-refractivity contribution in [2.24, 2.45) is 0 Å². The number of likely N-dealkylation sites (tertiary alicyclic amines) is 1. The minimum atomic E-state index is -0.0600. The number of rotatable bonds is 6. The highest BCUT2D eigenvalue weighted by Crippen LogP contribution is 2.42. The molecule has 27 heavy (non-hydrogen) atoms. The number of aromatic nitrogens is 2. The average molecular weight is 386 g/mol. The van der Waals surface area contributed by atoms with Crippen LogP contribution in [-0.4, -0.2) is 51.7 Å². The normalized spacial score (nSPS) is 21.2. The first kappa shape index (κ1) is 18.4. The van der Waals surface area contributed by atoms with Crippen molar-refractivity contribution in [3.05, 3.63) is 40.9 Å². The minimum absolute atomic E-state index is 0.0600. The molecule has 2 amide bonds. The molecule has 1 saturated heterocycles. The van der Waals surface area contributed by atoms with Crippen molar-refractivity contribution < 1.29 is 4.79 Å². The van der Waals surface area contributed by atoms with E-state index in [4.69, 9.17) is 0 Å². The van der Waals surface area contributed by atoms with Crippen LogP contribution in [0.25, 0.3) is 0 Å². The van der Waals surface area contributed by atoms with Gasteiger partial charge in [-0.3, -0.25) is 10.2 Å². The highest BCUT2D eigenvalue weighted by molar-refractivity contribution is 7.15.